The van der Waals surface area contributed by atoms with Gasteiger partial charge < -0.3 is 4.74 Å². The molecule has 0 saturated heterocycles. The molecule has 0 aliphatic carbocycles. The van der Waals surface area contributed by atoms with Gasteiger partial charge in [-0.3, -0.25) is 0 Å². The minimum Gasteiger partial charge on any atom is -0.362 e. The van der Waals surface area contributed by atoms with E-state index in [1.807, 2.05) is 6.92 Å². The van der Waals surface area contributed by atoms with Crippen LogP contribution in [-0.4, -0.2) is 17.5 Å². The lowest BCUT2D eigenvalue weighted by Gasteiger charge is -2.04. The first-order valence-corrected chi connectivity index (χ1v) is 4.18. The molecule has 0 fully saturated rings. The normalized spacial score (nSPS) is 13.9. The fraction of sp³-hybridized carbons (Fsp3) is 1.00. The molecule has 1 nitrogen and oxygen atoms in total. The van der Waals surface area contributed by atoms with E-state index >= 15 is 0 Å². The summed E-state index contributed by atoms with van der Waals surface area (Å²) in [5.74, 6) is 0. The second-order valence-corrected chi connectivity index (χ2v) is 2.66. The Bertz CT molecular complexity index is 51.7. The summed E-state index contributed by atoms with van der Waals surface area (Å²) in [6.07, 6.45) is 0.870. The Morgan fingerprint density at radius 2 is 2.38 bits per heavy atom. The van der Waals surface area contributed by atoms with Gasteiger partial charge in [-0.25, -0.2) is 0 Å². The fourth-order valence-electron chi connectivity index (χ4n) is 0.290. The quantitative estimate of drug-likeness (QED) is 0.635. The van der Waals surface area contributed by atoms with Crippen LogP contribution in [0.3, 0.4) is 0 Å². The van der Waals surface area contributed by atoms with Gasteiger partial charge in [-0.15, -0.1) is 0 Å². The SMILES string of the molecule is CCC(Cl)OCCBr. The van der Waals surface area contributed by atoms with Gasteiger partial charge in [0, 0.05) is 5.33 Å². The molecule has 0 rings (SSSR count). The van der Waals surface area contributed by atoms with Crippen molar-refractivity contribution in [2.75, 3.05) is 11.9 Å². The maximum absolute atomic E-state index is 5.60. The summed E-state index contributed by atoms with van der Waals surface area (Å²) >= 11 is 8.82. The van der Waals surface area contributed by atoms with Crippen molar-refractivity contribution in [3.8, 4) is 0 Å². The summed E-state index contributed by atoms with van der Waals surface area (Å²) in [5.41, 5.74) is -0.104. The van der Waals surface area contributed by atoms with Crippen molar-refractivity contribution < 1.29 is 4.74 Å². The van der Waals surface area contributed by atoms with Crippen molar-refractivity contribution >= 4 is 27.5 Å². The van der Waals surface area contributed by atoms with Crippen molar-refractivity contribution in [3.63, 3.8) is 0 Å². The Balaban J connectivity index is 2.86. The summed E-state index contributed by atoms with van der Waals surface area (Å²) < 4.78 is 5.06. The third-order valence-corrected chi connectivity index (χ3v) is 1.46. The Kier molecular flexibility index (Phi) is 6.39. The Labute approximate surface area is 63.5 Å². The molecule has 0 bridgehead atoms. The van der Waals surface area contributed by atoms with Crippen LogP contribution < -0.4 is 0 Å². The molecule has 3 heteroatoms. The number of alkyl halides is 2. The molecule has 0 spiro atoms. The van der Waals surface area contributed by atoms with E-state index in [0.29, 0.717) is 6.61 Å². The van der Waals surface area contributed by atoms with Crippen LogP contribution in [0.5, 0.6) is 0 Å². The Morgan fingerprint density at radius 3 is 2.75 bits per heavy atom. The first-order valence-electron chi connectivity index (χ1n) is 2.63. The second kappa shape index (κ2) is 5.86. The van der Waals surface area contributed by atoms with Gasteiger partial charge in [0.05, 0.1) is 6.61 Å². The molecule has 8 heavy (non-hydrogen) atoms. The number of ether oxygens (including phenoxy) is 1. The lowest BCUT2D eigenvalue weighted by atomic mass is 10.5. The topological polar surface area (TPSA) is 9.23 Å². The number of hydrogen-bond acceptors (Lipinski definition) is 1. The zero-order valence-corrected chi connectivity index (χ0v) is 7.20. The second-order valence-electron chi connectivity index (χ2n) is 1.38. The van der Waals surface area contributed by atoms with Gasteiger partial charge in [0.2, 0.25) is 0 Å². The third-order valence-electron chi connectivity index (χ3n) is 0.697. The van der Waals surface area contributed by atoms with E-state index in [2.05, 4.69) is 15.9 Å². The molecule has 1 atom stereocenters. The van der Waals surface area contributed by atoms with Gasteiger partial charge in [0.15, 0.2) is 0 Å². The monoisotopic (exact) mass is 200 g/mol. The fourth-order valence-corrected chi connectivity index (χ4v) is 0.566. The predicted octanol–water partition coefficient (Wildman–Crippen LogP) is 2.37. The van der Waals surface area contributed by atoms with Gasteiger partial charge >= 0.3 is 0 Å². The van der Waals surface area contributed by atoms with Crippen LogP contribution >= 0.6 is 27.5 Å². The largest absolute Gasteiger partial charge is 0.362 e. The maximum Gasteiger partial charge on any atom is 0.130 e. The molecule has 0 heterocycles. The molecule has 0 aromatic heterocycles. The van der Waals surface area contributed by atoms with Crippen LogP contribution in [0.15, 0.2) is 0 Å². The van der Waals surface area contributed by atoms with E-state index in [9.17, 15) is 0 Å². The summed E-state index contributed by atoms with van der Waals surface area (Å²) in [5, 5.41) is 0.857. The smallest absolute Gasteiger partial charge is 0.130 e. The molecule has 0 aromatic carbocycles. The molecule has 0 radical (unpaired) electrons. The summed E-state index contributed by atoms with van der Waals surface area (Å²) in [4.78, 5) is 0. The highest BCUT2D eigenvalue weighted by atomic mass is 79.9. The molecular formula is C5H10BrClO. The highest BCUT2D eigenvalue weighted by molar-refractivity contribution is 9.09. The van der Waals surface area contributed by atoms with Gasteiger partial charge in [-0.2, -0.15) is 0 Å². The van der Waals surface area contributed by atoms with Crippen LogP contribution in [0.2, 0.25) is 0 Å². The van der Waals surface area contributed by atoms with Crippen LogP contribution in [0, 0.1) is 0 Å². The van der Waals surface area contributed by atoms with Crippen LogP contribution in [0.25, 0.3) is 0 Å². The van der Waals surface area contributed by atoms with Gasteiger partial charge in [-0.1, -0.05) is 34.5 Å². The zero-order chi connectivity index (χ0) is 6.41. The lowest BCUT2D eigenvalue weighted by molar-refractivity contribution is 0.120. The average molecular weight is 201 g/mol. The molecule has 0 amide bonds. The molecule has 0 aliphatic heterocycles. The van der Waals surface area contributed by atoms with E-state index in [4.69, 9.17) is 16.3 Å². The molecule has 50 valence electrons. The van der Waals surface area contributed by atoms with Crippen LogP contribution in [0.1, 0.15) is 13.3 Å². The highest BCUT2D eigenvalue weighted by Gasteiger charge is 1.96. The minimum absolute atomic E-state index is 0.104. The molecule has 0 N–H and O–H groups in total. The third kappa shape index (κ3) is 4.88. The van der Waals surface area contributed by atoms with Crippen molar-refractivity contribution in [1.82, 2.24) is 0 Å². The molecule has 1 unspecified atom stereocenters. The standard InChI is InChI=1S/C5H10BrClO/c1-2-5(7)8-4-3-6/h5H,2-4H2,1H3. The summed E-state index contributed by atoms with van der Waals surface area (Å²) in [7, 11) is 0. The Hall–Kier alpha value is 0.730. The molecule has 0 aromatic rings. The lowest BCUT2D eigenvalue weighted by Crippen LogP contribution is -2.04. The van der Waals surface area contributed by atoms with Crippen molar-refractivity contribution in [2.45, 2.75) is 18.9 Å². The Morgan fingerprint density at radius 1 is 1.75 bits per heavy atom. The van der Waals surface area contributed by atoms with Gasteiger partial charge in [0.1, 0.15) is 5.56 Å². The first kappa shape index (κ1) is 8.73. The van der Waals surface area contributed by atoms with E-state index in [1.54, 1.807) is 0 Å². The molecule has 0 saturated carbocycles. The maximum atomic E-state index is 5.60. The van der Waals surface area contributed by atoms with Crippen molar-refractivity contribution in [1.29, 1.82) is 0 Å². The number of rotatable bonds is 4. The van der Waals surface area contributed by atoms with Gasteiger partial charge in [-0.05, 0) is 6.42 Å². The summed E-state index contributed by atoms with van der Waals surface area (Å²) in [6.45, 7) is 2.69. The number of halogens is 2. The van der Waals surface area contributed by atoms with Crippen LogP contribution in [-0.2, 0) is 4.74 Å². The zero-order valence-electron chi connectivity index (χ0n) is 4.86. The van der Waals surface area contributed by atoms with Crippen molar-refractivity contribution in [3.05, 3.63) is 0 Å². The van der Waals surface area contributed by atoms with Crippen molar-refractivity contribution in [2.24, 2.45) is 0 Å². The van der Waals surface area contributed by atoms with Crippen LogP contribution in [0.4, 0.5) is 0 Å². The molecule has 0 aliphatic rings. The van der Waals surface area contributed by atoms with E-state index in [0.717, 1.165) is 11.8 Å². The predicted molar refractivity (Wildman–Crippen MR) is 39.7 cm³/mol. The summed E-state index contributed by atoms with van der Waals surface area (Å²) in [6, 6.07) is 0. The average Bonchev–Trinajstić information content (AvgIpc) is 1.83. The first-order chi connectivity index (χ1) is 3.81. The van der Waals surface area contributed by atoms with E-state index in [-0.39, 0.29) is 5.56 Å². The minimum atomic E-state index is -0.104. The number of hydrogen-bond donors (Lipinski definition) is 0. The molecular weight excluding hydrogens is 191 g/mol. The highest BCUT2D eigenvalue weighted by Crippen LogP contribution is 2.02. The van der Waals surface area contributed by atoms with E-state index < -0.39 is 0 Å². The van der Waals surface area contributed by atoms with E-state index in [1.165, 1.54) is 0 Å². The van der Waals surface area contributed by atoms with Gasteiger partial charge in [0.25, 0.3) is 0 Å².